The first kappa shape index (κ1) is 16.7. The average Bonchev–Trinajstić information content (AvgIpc) is 3.02. The molecule has 2 heterocycles. The van der Waals surface area contributed by atoms with Crippen LogP contribution in [-0.2, 0) is 6.54 Å². The minimum atomic E-state index is -0.198. The first-order valence-corrected chi connectivity index (χ1v) is 8.88. The molecule has 1 fully saturated rings. The van der Waals surface area contributed by atoms with Crippen molar-refractivity contribution >= 4 is 5.69 Å². The number of halogens is 1. The van der Waals surface area contributed by atoms with E-state index >= 15 is 0 Å². The van der Waals surface area contributed by atoms with Crippen molar-refractivity contribution in [1.29, 1.82) is 0 Å². The van der Waals surface area contributed by atoms with Gasteiger partial charge < -0.3 is 9.32 Å². The monoisotopic (exact) mass is 352 g/mol. The molecule has 0 spiro atoms. The van der Waals surface area contributed by atoms with Crippen molar-refractivity contribution in [2.45, 2.75) is 13.0 Å². The van der Waals surface area contributed by atoms with E-state index in [2.05, 4.69) is 20.0 Å². The molecule has 134 valence electrons. The molecule has 0 saturated carbocycles. The van der Waals surface area contributed by atoms with E-state index in [0.717, 1.165) is 43.9 Å². The van der Waals surface area contributed by atoms with Gasteiger partial charge in [0.15, 0.2) is 0 Å². The zero-order valence-corrected chi connectivity index (χ0v) is 14.5. The lowest BCUT2D eigenvalue weighted by Gasteiger charge is -2.23. The van der Waals surface area contributed by atoms with Crippen molar-refractivity contribution in [1.82, 2.24) is 15.1 Å². The highest BCUT2D eigenvalue weighted by Gasteiger charge is 2.18. The second-order valence-electron chi connectivity index (χ2n) is 6.46. The average molecular weight is 352 g/mol. The van der Waals surface area contributed by atoms with Gasteiger partial charge in [-0.05, 0) is 42.8 Å². The Morgan fingerprint density at radius 2 is 1.69 bits per heavy atom. The van der Waals surface area contributed by atoms with Gasteiger partial charge in [-0.2, -0.15) is 0 Å². The van der Waals surface area contributed by atoms with Gasteiger partial charge in [0.25, 0.3) is 0 Å². The fourth-order valence-corrected chi connectivity index (χ4v) is 3.25. The summed E-state index contributed by atoms with van der Waals surface area (Å²) in [6.07, 6.45) is 1.04. The first-order valence-electron chi connectivity index (χ1n) is 8.88. The maximum absolute atomic E-state index is 13.1. The summed E-state index contributed by atoms with van der Waals surface area (Å²) < 4.78 is 18.9. The van der Waals surface area contributed by atoms with Gasteiger partial charge in [-0.1, -0.05) is 18.2 Å². The highest BCUT2D eigenvalue weighted by Crippen LogP contribution is 2.20. The van der Waals surface area contributed by atoms with Crippen LogP contribution in [0.3, 0.4) is 0 Å². The predicted octanol–water partition coefficient (Wildman–Crippen LogP) is 3.59. The molecule has 4 rings (SSSR count). The van der Waals surface area contributed by atoms with Crippen molar-refractivity contribution in [3.05, 3.63) is 66.3 Å². The van der Waals surface area contributed by atoms with Gasteiger partial charge in [-0.25, -0.2) is 4.39 Å². The van der Waals surface area contributed by atoms with Gasteiger partial charge in [0, 0.05) is 37.4 Å². The molecule has 3 aromatic rings. The maximum atomic E-state index is 13.1. The summed E-state index contributed by atoms with van der Waals surface area (Å²) in [7, 11) is 0. The van der Waals surface area contributed by atoms with E-state index in [4.69, 9.17) is 4.42 Å². The van der Waals surface area contributed by atoms with E-state index in [1.165, 1.54) is 12.1 Å². The highest BCUT2D eigenvalue weighted by atomic mass is 19.1. The lowest BCUT2D eigenvalue weighted by molar-refractivity contribution is 0.256. The molecule has 1 aliphatic rings. The molecule has 1 aliphatic heterocycles. The topological polar surface area (TPSA) is 45.4 Å². The van der Waals surface area contributed by atoms with Crippen molar-refractivity contribution in [2.75, 3.05) is 31.1 Å². The Bertz CT molecular complexity index is 835. The molecule has 1 saturated heterocycles. The maximum Gasteiger partial charge on any atom is 0.247 e. The minimum absolute atomic E-state index is 0.198. The Kier molecular flexibility index (Phi) is 4.93. The molecular weight excluding hydrogens is 331 g/mol. The number of rotatable bonds is 4. The third-order valence-electron chi connectivity index (χ3n) is 4.63. The van der Waals surface area contributed by atoms with Gasteiger partial charge in [-0.3, -0.25) is 4.90 Å². The van der Waals surface area contributed by atoms with Crippen LogP contribution in [0.2, 0.25) is 0 Å². The highest BCUT2D eigenvalue weighted by molar-refractivity contribution is 5.51. The molecular formula is C20H21FN4O. The van der Waals surface area contributed by atoms with E-state index in [-0.39, 0.29) is 5.82 Å². The van der Waals surface area contributed by atoms with Gasteiger partial charge in [0.1, 0.15) is 5.82 Å². The first-order chi connectivity index (χ1) is 12.8. The third kappa shape index (κ3) is 3.91. The Labute approximate surface area is 152 Å². The van der Waals surface area contributed by atoms with E-state index in [9.17, 15) is 4.39 Å². The molecule has 0 unspecified atom stereocenters. The molecule has 5 nitrogen and oxygen atoms in total. The SMILES string of the molecule is Fc1ccc(N2CCCN(Cc3nnc(-c4ccccc4)o3)CC2)cc1. The predicted molar refractivity (Wildman–Crippen MR) is 98.2 cm³/mol. The van der Waals surface area contributed by atoms with Crippen LogP contribution in [0, 0.1) is 5.82 Å². The molecule has 6 heteroatoms. The quantitative estimate of drug-likeness (QED) is 0.718. The molecule has 0 aliphatic carbocycles. The third-order valence-corrected chi connectivity index (χ3v) is 4.63. The number of nitrogens with zero attached hydrogens (tertiary/aromatic N) is 4. The zero-order valence-electron chi connectivity index (χ0n) is 14.5. The van der Waals surface area contributed by atoms with E-state index in [1.807, 2.05) is 42.5 Å². The lowest BCUT2D eigenvalue weighted by atomic mass is 10.2. The van der Waals surface area contributed by atoms with Crippen LogP contribution in [-0.4, -0.2) is 41.3 Å². The second-order valence-corrected chi connectivity index (χ2v) is 6.46. The van der Waals surface area contributed by atoms with Gasteiger partial charge >= 0.3 is 0 Å². The zero-order chi connectivity index (χ0) is 17.8. The molecule has 0 radical (unpaired) electrons. The van der Waals surface area contributed by atoms with Crippen molar-refractivity contribution in [3.8, 4) is 11.5 Å². The molecule has 0 N–H and O–H groups in total. The summed E-state index contributed by atoms with van der Waals surface area (Å²) in [6.45, 7) is 4.38. The van der Waals surface area contributed by atoms with E-state index in [0.29, 0.717) is 18.3 Å². The molecule has 2 aromatic carbocycles. The summed E-state index contributed by atoms with van der Waals surface area (Å²) in [5.41, 5.74) is 2.00. The smallest absolute Gasteiger partial charge is 0.247 e. The number of anilines is 1. The van der Waals surface area contributed by atoms with E-state index in [1.54, 1.807) is 0 Å². The van der Waals surface area contributed by atoms with Crippen LogP contribution in [0.25, 0.3) is 11.5 Å². The summed E-state index contributed by atoms with van der Waals surface area (Å²) in [6, 6.07) is 16.5. The Morgan fingerprint density at radius 1 is 0.885 bits per heavy atom. The standard InChI is InChI=1S/C20H21FN4O/c21-17-7-9-18(10-8-17)25-12-4-11-24(13-14-25)15-19-22-23-20(26-19)16-5-2-1-3-6-16/h1-3,5-10H,4,11-15H2. The Balaban J connectivity index is 1.38. The minimum Gasteiger partial charge on any atom is -0.419 e. The fourth-order valence-electron chi connectivity index (χ4n) is 3.25. The Hall–Kier alpha value is -2.73. The van der Waals surface area contributed by atoms with Crippen LogP contribution in [0.1, 0.15) is 12.3 Å². The summed E-state index contributed by atoms with van der Waals surface area (Å²) in [5, 5.41) is 8.35. The van der Waals surface area contributed by atoms with Crippen molar-refractivity contribution < 1.29 is 8.81 Å². The summed E-state index contributed by atoms with van der Waals surface area (Å²) in [5.74, 6) is 0.998. The van der Waals surface area contributed by atoms with Gasteiger partial charge in [0.2, 0.25) is 11.8 Å². The lowest BCUT2D eigenvalue weighted by Crippen LogP contribution is -2.30. The van der Waals surface area contributed by atoms with Crippen LogP contribution < -0.4 is 4.90 Å². The van der Waals surface area contributed by atoms with Crippen molar-refractivity contribution in [2.24, 2.45) is 0 Å². The Morgan fingerprint density at radius 3 is 2.50 bits per heavy atom. The van der Waals surface area contributed by atoms with Crippen LogP contribution in [0.5, 0.6) is 0 Å². The normalized spacial score (nSPS) is 15.8. The van der Waals surface area contributed by atoms with Crippen LogP contribution in [0.15, 0.2) is 59.0 Å². The van der Waals surface area contributed by atoms with Gasteiger partial charge in [-0.15, -0.1) is 10.2 Å². The van der Waals surface area contributed by atoms with E-state index < -0.39 is 0 Å². The summed E-state index contributed by atoms with van der Waals surface area (Å²) >= 11 is 0. The molecule has 0 amide bonds. The second kappa shape index (κ2) is 7.66. The number of hydrogen-bond acceptors (Lipinski definition) is 5. The molecule has 1 aromatic heterocycles. The van der Waals surface area contributed by atoms with Crippen LogP contribution >= 0.6 is 0 Å². The van der Waals surface area contributed by atoms with Crippen molar-refractivity contribution in [3.63, 3.8) is 0 Å². The number of hydrogen-bond donors (Lipinski definition) is 0. The van der Waals surface area contributed by atoms with Gasteiger partial charge in [0.05, 0.1) is 6.54 Å². The largest absolute Gasteiger partial charge is 0.419 e. The molecule has 26 heavy (non-hydrogen) atoms. The molecule has 0 bridgehead atoms. The van der Waals surface area contributed by atoms with Crippen LogP contribution in [0.4, 0.5) is 10.1 Å². The fraction of sp³-hybridized carbons (Fsp3) is 0.300. The summed E-state index contributed by atoms with van der Waals surface area (Å²) in [4.78, 5) is 4.62. The number of benzene rings is 2. The molecule has 0 atom stereocenters. The number of aromatic nitrogens is 2.